The SMILES string of the molecule is CCCCN1C(=O)c2ccc(N([O-])O)cc2S1(=O)=O. The van der Waals surface area contributed by atoms with Gasteiger partial charge in [0.05, 0.1) is 11.3 Å². The Morgan fingerprint density at radius 1 is 1.42 bits per heavy atom. The minimum Gasteiger partial charge on any atom is -0.733 e. The molecular weight excluding hydrogens is 272 g/mol. The molecule has 1 amide bonds. The van der Waals surface area contributed by atoms with E-state index in [1.807, 2.05) is 6.92 Å². The number of hydrogen-bond donors (Lipinski definition) is 1. The maximum Gasteiger partial charge on any atom is 0.269 e. The fraction of sp³-hybridized carbons (Fsp3) is 0.364. The van der Waals surface area contributed by atoms with Crippen molar-refractivity contribution in [1.29, 1.82) is 0 Å². The number of amides is 1. The average molecular weight is 285 g/mol. The van der Waals surface area contributed by atoms with Crippen LogP contribution in [-0.4, -0.2) is 30.4 Å². The molecule has 0 bridgehead atoms. The molecule has 104 valence electrons. The van der Waals surface area contributed by atoms with Gasteiger partial charge in [0, 0.05) is 6.54 Å². The number of nitrogens with zero attached hydrogens (tertiary/aromatic N) is 2. The number of carbonyl (C=O) groups is 1. The first-order valence-electron chi connectivity index (χ1n) is 5.77. The average Bonchev–Trinajstić information content (AvgIpc) is 2.55. The van der Waals surface area contributed by atoms with Crippen LogP contribution in [0, 0.1) is 5.21 Å². The van der Waals surface area contributed by atoms with Gasteiger partial charge in [-0.15, -0.1) is 0 Å². The molecule has 1 aromatic rings. The normalized spacial score (nSPS) is 16.6. The van der Waals surface area contributed by atoms with Crippen LogP contribution in [0.2, 0.25) is 0 Å². The van der Waals surface area contributed by atoms with Crippen LogP contribution in [0.3, 0.4) is 0 Å². The molecule has 0 aromatic heterocycles. The summed E-state index contributed by atoms with van der Waals surface area (Å²) >= 11 is 0. The van der Waals surface area contributed by atoms with Crippen molar-refractivity contribution in [2.24, 2.45) is 0 Å². The van der Waals surface area contributed by atoms with Crippen molar-refractivity contribution in [2.75, 3.05) is 11.8 Å². The summed E-state index contributed by atoms with van der Waals surface area (Å²) < 4.78 is 25.2. The van der Waals surface area contributed by atoms with E-state index in [4.69, 9.17) is 5.21 Å². The molecule has 7 nitrogen and oxygen atoms in total. The Morgan fingerprint density at radius 2 is 2.11 bits per heavy atom. The van der Waals surface area contributed by atoms with Crippen LogP contribution in [0.1, 0.15) is 30.1 Å². The van der Waals surface area contributed by atoms with Gasteiger partial charge >= 0.3 is 0 Å². The molecule has 1 N–H and O–H groups in total. The Labute approximate surface area is 110 Å². The highest BCUT2D eigenvalue weighted by Crippen LogP contribution is 2.33. The summed E-state index contributed by atoms with van der Waals surface area (Å²) in [4.78, 5) is 11.8. The Morgan fingerprint density at radius 3 is 2.68 bits per heavy atom. The first kappa shape index (κ1) is 13.8. The van der Waals surface area contributed by atoms with Crippen LogP contribution in [0.15, 0.2) is 23.1 Å². The summed E-state index contributed by atoms with van der Waals surface area (Å²) in [6.45, 7) is 2.00. The number of sulfonamides is 1. The molecule has 0 saturated heterocycles. The molecule has 0 aliphatic carbocycles. The van der Waals surface area contributed by atoms with Crippen molar-refractivity contribution in [1.82, 2.24) is 4.31 Å². The minimum atomic E-state index is -3.92. The minimum absolute atomic E-state index is 0.0294. The molecule has 0 unspecified atom stereocenters. The lowest BCUT2D eigenvalue weighted by atomic mass is 10.2. The molecule has 1 heterocycles. The molecule has 1 aliphatic rings. The second-order valence-electron chi connectivity index (χ2n) is 4.19. The number of unbranched alkanes of at least 4 members (excludes halogenated alkanes) is 1. The predicted octanol–water partition coefficient (Wildman–Crippen LogP) is 1.32. The summed E-state index contributed by atoms with van der Waals surface area (Å²) in [6, 6.07) is 3.43. The molecular formula is C11H13N2O5S-. The van der Waals surface area contributed by atoms with Gasteiger partial charge in [-0.05, 0) is 24.6 Å². The first-order valence-corrected chi connectivity index (χ1v) is 7.21. The number of rotatable bonds is 4. The largest absolute Gasteiger partial charge is 0.733 e. The smallest absolute Gasteiger partial charge is 0.269 e. The van der Waals surface area contributed by atoms with E-state index in [1.165, 1.54) is 12.1 Å². The van der Waals surface area contributed by atoms with E-state index in [9.17, 15) is 18.4 Å². The second-order valence-corrected chi connectivity index (χ2v) is 6.02. The van der Waals surface area contributed by atoms with Crippen molar-refractivity contribution >= 4 is 21.6 Å². The van der Waals surface area contributed by atoms with E-state index in [-0.39, 0.29) is 22.7 Å². The third kappa shape index (κ3) is 2.18. The predicted molar refractivity (Wildman–Crippen MR) is 67.2 cm³/mol. The third-order valence-corrected chi connectivity index (χ3v) is 4.75. The lowest BCUT2D eigenvalue weighted by Crippen LogP contribution is -2.30. The number of benzene rings is 1. The Balaban J connectivity index is 2.49. The maximum absolute atomic E-state index is 12.2. The lowest BCUT2D eigenvalue weighted by Gasteiger charge is -2.21. The Kier molecular flexibility index (Phi) is 3.48. The van der Waals surface area contributed by atoms with Gasteiger partial charge in [0.15, 0.2) is 0 Å². The van der Waals surface area contributed by atoms with E-state index >= 15 is 0 Å². The summed E-state index contributed by atoms with van der Waals surface area (Å²) in [5.74, 6) is -0.592. The number of carbonyl (C=O) groups excluding carboxylic acids is 1. The van der Waals surface area contributed by atoms with Gasteiger partial charge in [-0.3, -0.25) is 10.0 Å². The molecule has 0 fully saturated rings. The fourth-order valence-electron chi connectivity index (χ4n) is 1.91. The van der Waals surface area contributed by atoms with Gasteiger partial charge in [-0.1, -0.05) is 13.3 Å². The number of anilines is 1. The highest BCUT2D eigenvalue weighted by Gasteiger charge is 2.40. The van der Waals surface area contributed by atoms with E-state index in [1.54, 1.807) is 0 Å². The van der Waals surface area contributed by atoms with Gasteiger partial charge in [-0.2, -0.15) is 0 Å². The number of hydrogen-bond acceptors (Lipinski definition) is 6. The highest BCUT2D eigenvalue weighted by atomic mass is 32.2. The Hall–Kier alpha value is -1.64. The summed E-state index contributed by atoms with van der Waals surface area (Å²) in [7, 11) is -3.92. The van der Waals surface area contributed by atoms with Gasteiger partial charge in [0.1, 0.15) is 4.90 Å². The van der Waals surface area contributed by atoms with Crippen LogP contribution < -0.4 is 5.23 Å². The molecule has 0 saturated carbocycles. The second kappa shape index (κ2) is 4.80. The zero-order valence-corrected chi connectivity index (χ0v) is 11.1. The topological polar surface area (TPSA) is 101 Å². The molecule has 2 rings (SSSR count). The molecule has 8 heteroatoms. The molecule has 0 radical (unpaired) electrons. The van der Waals surface area contributed by atoms with Crippen molar-refractivity contribution < 1.29 is 18.4 Å². The van der Waals surface area contributed by atoms with E-state index in [0.29, 0.717) is 6.42 Å². The molecule has 0 atom stereocenters. The number of fused-ring (bicyclic) bond motifs is 1. The van der Waals surface area contributed by atoms with E-state index < -0.39 is 21.2 Å². The maximum atomic E-state index is 12.2. The zero-order valence-electron chi connectivity index (χ0n) is 10.2. The van der Waals surface area contributed by atoms with E-state index in [2.05, 4.69) is 0 Å². The summed E-state index contributed by atoms with van der Waals surface area (Å²) in [6.07, 6.45) is 1.32. The van der Waals surface area contributed by atoms with Crippen LogP contribution in [0.4, 0.5) is 5.69 Å². The summed E-state index contributed by atoms with van der Waals surface area (Å²) in [5, 5.41) is 19.1. The lowest BCUT2D eigenvalue weighted by molar-refractivity contribution is 0.0870. The molecule has 1 aromatic carbocycles. The first-order chi connectivity index (χ1) is 8.89. The fourth-order valence-corrected chi connectivity index (χ4v) is 3.53. The van der Waals surface area contributed by atoms with Gasteiger partial charge in [-0.25, -0.2) is 12.7 Å². The molecule has 19 heavy (non-hydrogen) atoms. The van der Waals surface area contributed by atoms with Gasteiger partial charge < -0.3 is 10.4 Å². The van der Waals surface area contributed by atoms with Crippen LogP contribution in [0.5, 0.6) is 0 Å². The van der Waals surface area contributed by atoms with Crippen LogP contribution >= 0.6 is 0 Å². The van der Waals surface area contributed by atoms with Gasteiger partial charge in [0.25, 0.3) is 15.9 Å². The Bertz CT molecular complexity index is 612. The third-order valence-electron chi connectivity index (χ3n) is 2.93. The quantitative estimate of drug-likeness (QED) is 0.837. The highest BCUT2D eigenvalue weighted by molar-refractivity contribution is 7.90. The van der Waals surface area contributed by atoms with Crippen molar-refractivity contribution in [3.05, 3.63) is 29.0 Å². The summed E-state index contributed by atoms with van der Waals surface area (Å²) in [5.41, 5.74) is -0.200. The van der Waals surface area contributed by atoms with E-state index in [0.717, 1.165) is 16.8 Å². The van der Waals surface area contributed by atoms with Crippen molar-refractivity contribution in [3.8, 4) is 0 Å². The molecule has 1 aliphatic heterocycles. The van der Waals surface area contributed by atoms with Gasteiger partial charge in [0.2, 0.25) is 0 Å². The van der Waals surface area contributed by atoms with Crippen molar-refractivity contribution in [2.45, 2.75) is 24.7 Å². The van der Waals surface area contributed by atoms with Crippen LogP contribution in [-0.2, 0) is 10.0 Å². The monoisotopic (exact) mass is 285 g/mol. The standard InChI is InChI=1S/C11H13N2O5S/c1-2-3-6-12-11(14)9-5-4-8(13(15)16)7-10(9)19(12,17)18/h4-5,7,15H,2-3,6H2,1H3/q-1. The van der Waals surface area contributed by atoms with Crippen molar-refractivity contribution in [3.63, 3.8) is 0 Å². The zero-order chi connectivity index (χ0) is 14.2. The molecule has 0 spiro atoms. The van der Waals surface area contributed by atoms with Crippen LogP contribution in [0.25, 0.3) is 0 Å².